The topological polar surface area (TPSA) is 30.7 Å². The average molecular weight is 304 g/mol. The van der Waals surface area contributed by atoms with E-state index in [2.05, 4.69) is 10.3 Å². The number of halogens is 4. The molecule has 0 N–H and O–H groups in total. The summed E-state index contributed by atoms with van der Waals surface area (Å²) in [6, 6.07) is 3.52. The number of aromatic nitrogens is 3. The largest absolute Gasteiger partial charge is 0.416 e. The van der Waals surface area contributed by atoms with Crippen LogP contribution in [0.4, 0.5) is 13.2 Å². The van der Waals surface area contributed by atoms with Gasteiger partial charge in [0.25, 0.3) is 0 Å². The van der Waals surface area contributed by atoms with E-state index in [1.54, 1.807) is 13.1 Å². The Hall–Kier alpha value is -1.56. The third-order valence-electron chi connectivity index (χ3n) is 2.97. The van der Waals surface area contributed by atoms with Gasteiger partial charge in [0.05, 0.1) is 22.8 Å². The van der Waals surface area contributed by atoms with Crippen molar-refractivity contribution in [2.24, 2.45) is 0 Å². The number of nitrogens with zero attached hydrogens (tertiary/aromatic N) is 3. The van der Waals surface area contributed by atoms with Crippen molar-refractivity contribution in [3.8, 4) is 5.69 Å². The highest BCUT2D eigenvalue weighted by molar-refractivity contribution is 6.20. The van der Waals surface area contributed by atoms with Gasteiger partial charge in [0.15, 0.2) is 0 Å². The highest BCUT2D eigenvalue weighted by Gasteiger charge is 2.31. The van der Waals surface area contributed by atoms with Crippen molar-refractivity contribution in [2.75, 3.05) is 0 Å². The highest BCUT2D eigenvalue weighted by Crippen LogP contribution is 2.31. The van der Waals surface area contributed by atoms with Crippen LogP contribution < -0.4 is 0 Å². The molecule has 0 fully saturated rings. The Morgan fingerprint density at radius 2 is 2.05 bits per heavy atom. The minimum atomic E-state index is -4.38. The van der Waals surface area contributed by atoms with Crippen LogP contribution in [0.3, 0.4) is 0 Å². The number of rotatable bonds is 3. The monoisotopic (exact) mass is 303 g/mol. The summed E-state index contributed by atoms with van der Waals surface area (Å²) in [6.07, 6.45) is -2.16. The fraction of sp³-hybridized carbons (Fsp3) is 0.385. The van der Waals surface area contributed by atoms with Gasteiger partial charge in [-0.1, -0.05) is 18.2 Å². The molecule has 20 heavy (non-hydrogen) atoms. The zero-order valence-electron chi connectivity index (χ0n) is 10.9. The van der Waals surface area contributed by atoms with Gasteiger partial charge in [-0.3, -0.25) is 0 Å². The number of aryl methyl sites for hydroxylation is 1. The molecule has 0 amide bonds. The van der Waals surface area contributed by atoms with Gasteiger partial charge >= 0.3 is 6.18 Å². The van der Waals surface area contributed by atoms with Crippen molar-refractivity contribution in [2.45, 2.75) is 31.8 Å². The molecule has 1 aromatic carbocycles. The van der Waals surface area contributed by atoms with Gasteiger partial charge in [-0.2, -0.15) is 13.2 Å². The number of hydrogen-bond acceptors (Lipinski definition) is 2. The number of benzene rings is 1. The SMILES string of the molecule is CCC(Cl)c1cn(-c2cc(C(F)(F)F)ccc2C)nn1. The molecule has 1 aromatic heterocycles. The smallest absolute Gasteiger partial charge is 0.220 e. The molecule has 3 nitrogen and oxygen atoms in total. The Labute approximate surface area is 119 Å². The zero-order chi connectivity index (χ0) is 14.9. The maximum Gasteiger partial charge on any atom is 0.416 e. The number of hydrogen-bond donors (Lipinski definition) is 0. The lowest BCUT2D eigenvalue weighted by Gasteiger charge is -2.10. The van der Waals surface area contributed by atoms with Crippen molar-refractivity contribution in [1.82, 2.24) is 15.0 Å². The van der Waals surface area contributed by atoms with E-state index >= 15 is 0 Å². The standard InChI is InChI=1S/C13H13ClF3N3/c1-3-10(14)11-7-20(19-18-11)12-6-9(13(15,16)17)5-4-8(12)2/h4-7,10H,3H2,1-2H3. The summed E-state index contributed by atoms with van der Waals surface area (Å²) < 4.78 is 39.5. The second-order valence-corrected chi connectivity index (χ2v) is 4.99. The van der Waals surface area contributed by atoms with Crippen LogP contribution in [-0.4, -0.2) is 15.0 Å². The van der Waals surface area contributed by atoms with Gasteiger partial charge in [-0.25, -0.2) is 4.68 Å². The van der Waals surface area contributed by atoms with Crippen molar-refractivity contribution in [1.29, 1.82) is 0 Å². The van der Waals surface area contributed by atoms with E-state index in [0.717, 1.165) is 12.1 Å². The number of alkyl halides is 4. The van der Waals surface area contributed by atoms with Crippen LogP contribution in [0.2, 0.25) is 0 Å². The van der Waals surface area contributed by atoms with Crippen molar-refractivity contribution < 1.29 is 13.2 Å². The first-order valence-corrected chi connectivity index (χ1v) is 6.51. The molecule has 0 radical (unpaired) electrons. The second-order valence-electron chi connectivity index (χ2n) is 4.46. The molecule has 0 bridgehead atoms. The van der Waals surface area contributed by atoms with E-state index in [9.17, 15) is 13.2 Å². The molecule has 108 valence electrons. The molecule has 1 atom stereocenters. The molecule has 0 aliphatic rings. The van der Waals surface area contributed by atoms with E-state index in [4.69, 9.17) is 11.6 Å². The maximum atomic E-state index is 12.7. The Morgan fingerprint density at radius 1 is 1.35 bits per heavy atom. The minimum absolute atomic E-state index is 0.296. The molecule has 0 aliphatic carbocycles. The summed E-state index contributed by atoms with van der Waals surface area (Å²) in [5.74, 6) is 0. The molecule has 0 saturated heterocycles. The summed E-state index contributed by atoms with van der Waals surface area (Å²) in [5.41, 5.74) is 0.856. The van der Waals surface area contributed by atoms with Crippen LogP contribution in [0.25, 0.3) is 5.69 Å². The Bertz CT molecular complexity index is 607. The predicted octanol–water partition coefficient (Wildman–Crippen LogP) is 4.28. The molecule has 0 spiro atoms. The quantitative estimate of drug-likeness (QED) is 0.792. The second kappa shape index (κ2) is 5.44. The van der Waals surface area contributed by atoms with E-state index in [1.807, 2.05) is 6.92 Å². The highest BCUT2D eigenvalue weighted by atomic mass is 35.5. The molecule has 1 heterocycles. The van der Waals surface area contributed by atoms with Gasteiger partial charge in [0.2, 0.25) is 0 Å². The third-order valence-corrected chi connectivity index (χ3v) is 3.51. The van der Waals surface area contributed by atoms with Crippen LogP contribution >= 0.6 is 11.6 Å². The fourth-order valence-corrected chi connectivity index (χ4v) is 1.88. The predicted molar refractivity (Wildman–Crippen MR) is 70.0 cm³/mol. The molecular weight excluding hydrogens is 291 g/mol. The molecule has 1 unspecified atom stereocenters. The summed E-state index contributed by atoms with van der Waals surface area (Å²) >= 11 is 6.04. The first kappa shape index (κ1) is 14.8. The molecular formula is C13H13ClF3N3. The minimum Gasteiger partial charge on any atom is -0.220 e. The lowest BCUT2D eigenvalue weighted by molar-refractivity contribution is -0.137. The van der Waals surface area contributed by atoms with E-state index in [0.29, 0.717) is 23.4 Å². The van der Waals surface area contributed by atoms with Crippen LogP contribution in [0.15, 0.2) is 24.4 Å². The first-order chi connectivity index (χ1) is 9.32. The maximum absolute atomic E-state index is 12.7. The summed E-state index contributed by atoms with van der Waals surface area (Å²) in [7, 11) is 0. The first-order valence-electron chi connectivity index (χ1n) is 6.07. The fourth-order valence-electron chi connectivity index (χ4n) is 1.78. The van der Waals surface area contributed by atoms with Crippen LogP contribution in [-0.2, 0) is 6.18 Å². The molecule has 0 aliphatic heterocycles. The summed E-state index contributed by atoms with van der Waals surface area (Å²) in [4.78, 5) is 0. The lowest BCUT2D eigenvalue weighted by Crippen LogP contribution is -2.07. The van der Waals surface area contributed by atoms with E-state index in [1.165, 1.54) is 10.7 Å². The van der Waals surface area contributed by atoms with E-state index < -0.39 is 11.7 Å². The Balaban J connectivity index is 2.44. The molecule has 0 saturated carbocycles. The van der Waals surface area contributed by atoms with Crippen molar-refractivity contribution in [3.05, 3.63) is 41.2 Å². The van der Waals surface area contributed by atoms with E-state index in [-0.39, 0.29) is 5.38 Å². The average Bonchev–Trinajstić information content (AvgIpc) is 2.86. The van der Waals surface area contributed by atoms with Crippen LogP contribution in [0, 0.1) is 6.92 Å². The van der Waals surface area contributed by atoms with Gasteiger partial charge < -0.3 is 0 Å². The summed E-state index contributed by atoms with van der Waals surface area (Å²) in [5, 5.41) is 7.45. The van der Waals surface area contributed by atoms with Crippen LogP contribution in [0.5, 0.6) is 0 Å². The molecule has 2 rings (SSSR count). The summed E-state index contributed by atoms with van der Waals surface area (Å²) in [6.45, 7) is 3.61. The Morgan fingerprint density at radius 3 is 2.65 bits per heavy atom. The van der Waals surface area contributed by atoms with Gasteiger partial charge in [-0.05, 0) is 31.0 Å². The van der Waals surface area contributed by atoms with Crippen molar-refractivity contribution in [3.63, 3.8) is 0 Å². The molecule has 7 heteroatoms. The van der Waals surface area contributed by atoms with Gasteiger partial charge in [0.1, 0.15) is 5.69 Å². The normalized spacial score (nSPS) is 13.5. The van der Waals surface area contributed by atoms with Crippen LogP contribution in [0.1, 0.15) is 35.5 Å². The lowest BCUT2D eigenvalue weighted by atomic mass is 10.1. The van der Waals surface area contributed by atoms with Gasteiger partial charge in [0, 0.05) is 0 Å². The third kappa shape index (κ3) is 2.95. The van der Waals surface area contributed by atoms with Gasteiger partial charge in [-0.15, -0.1) is 16.7 Å². The Kier molecular flexibility index (Phi) is 4.04. The van der Waals surface area contributed by atoms with Crippen molar-refractivity contribution >= 4 is 11.6 Å². The molecule has 2 aromatic rings. The zero-order valence-corrected chi connectivity index (χ0v) is 11.7.